The Kier molecular flexibility index (Phi) is 4.97. The number of H-pyrrole nitrogens is 2. The van der Waals surface area contributed by atoms with Crippen molar-refractivity contribution in [2.45, 2.75) is 26.1 Å². The van der Waals surface area contributed by atoms with Crippen LogP contribution < -0.4 is 21.6 Å². The minimum absolute atomic E-state index is 0.111. The molecule has 1 aromatic heterocycles. The van der Waals surface area contributed by atoms with Gasteiger partial charge in [-0.2, -0.15) is 0 Å². The van der Waals surface area contributed by atoms with Gasteiger partial charge in [0.25, 0.3) is 0 Å². The fourth-order valence-electron chi connectivity index (χ4n) is 2.79. The number of hydrogen-bond acceptors (Lipinski definition) is 6. The highest BCUT2D eigenvalue weighted by molar-refractivity contribution is 5.96. The van der Waals surface area contributed by atoms with Gasteiger partial charge in [0.05, 0.1) is 57.6 Å². The van der Waals surface area contributed by atoms with Gasteiger partial charge >= 0.3 is 0 Å². The smallest absolute Gasteiger partial charge is 0.198 e. The number of aromatic nitrogens is 2. The first kappa shape index (κ1) is 18.0. The minimum atomic E-state index is -0.671. The highest BCUT2D eigenvalue weighted by atomic mass is 16.3. The van der Waals surface area contributed by atoms with E-state index >= 15 is 0 Å². The number of rotatable bonds is 4. The van der Waals surface area contributed by atoms with Crippen molar-refractivity contribution in [1.29, 1.82) is 0 Å². The number of aromatic amines is 2. The third-order valence-electron chi connectivity index (χ3n) is 3.96. The fraction of sp³-hybridized carbons (Fsp3) is 0.333. The van der Waals surface area contributed by atoms with E-state index in [4.69, 9.17) is 0 Å². The van der Waals surface area contributed by atoms with Crippen molar-refractivity contribution in [2.24, 2.45) is 9.98 Å². The number of nitrogens with zero attached hydrogens (tertiary/aromatic N) is 2. The van der Waals surface area contributed by atoms with E-state index in [2.05, 4.69) is 20.2 Å². The summed E-state index contributed by atoms with van der Waals surface area (Å²) < 4.78 is 0. The van der Waals surface area contributed by atoms with Gasteiger partial charge in [-0.15, -0.1) is 0 Å². The average Bonchev–Trinajstić information content (AvgIpc) is 2.62. The van der Waals surface area contributed by atoms with E-state index in [0.29, 0.717) is 10.7 Å². The monoisotopic (exact) mass is 356 g/mol. The summed E-state index contributed by atoms with van der Waals surface area (Å²) in [6.45, 7) is 3.41. The zero-order valence-corrected chi connectivity index (χ0v) is 14.5. The molecule has 4 N–H and O–H groups in total. The van der Waals surface area contributed by atoms with Gasteiger partial charge in [-0.25, -0.2) is 0 Å². The summed E-state index contributed by atoms with van der Waals surface area (Å²) in [5.41, 5.74) is -0.670. The average molecular weight is 356 g/mol. The minimum Gasteiger partial charge on any atom is -0.391 e. The normalized spacial score (nSPS) is 15.7. The maximum absolute atomic E-state index is 13.0. The van der Waals surface area contributed by atoms with Crippen molar-refractivity contribution < 1.29 is 10.2 Å². The molecule has 0 saturated heterocycles. The van der Waals surface area contributed by atoms with Crippen LogP contribution in [0.25, 0.3) is 21.5 Å². The van der Waals surface area contributed by atoms with Crippen molar-refractivity contribution in [3.63, 3.8) is 0 Å². The highest BCUT2D eigenvalue weighted by Crippen LogP contribution is 2.06. The Morgan fingerprint density at radius 1 is 0.846 bits per heavy atom. The number of fused-ring (bicyclic) bond motifs is 2. The lowest BCUT2D eigenvalue weighted by atomic mass is 10.0. The SMILES string of the molecule is CC(O)CN=c1ccc(=NCC(C)O)c2c(=O)c3c[nH][nH]cc3c(=O)c12. The van der Waals surface area contributed by atoms with Gasteiger partial charge < -0.3 is 20.4 Å². The molecule has 0 radical (unpaired) electrons. The lowest BCUT2D eigenvalue weighted by molar-refractivity contribution is 0.202. The molecule has 0 fully saturated rings. The van der Waals surface area contributed by atoms with E-state index in [1.165, 1.54) is 12.4 Å². The van der Waals surface area contributed by atoms with Crippen LogP contribution in [0.4, 0.5) is 0 Å². The van der Waals surface area contributed by atoms with Crippen molar-refractivity contribution in [1.82, 2.24) is 10.2 Å². The number of aliphatic hydroxyl groups excluding tert-OH is 2. The van der Waals surface area contributed by atoms with Crippen LogP contribution in [-0.2, 0) is 0 Å². The molecule has 0 saturated carbocycles. The van der Waals surface area contributed by atoms with E-state index in [1.807, 2.05) is 0 Å². The summed E-state index contributed by atoms with van der Waals surface area (Å²) >= 11 is 0. The molecular formula is C18H20N4O4. The maximum atomic E-state index is 13.0. The molecule has 2 atom stereocenters. The molecule has 0 aliphatic heterocycles. The van der Waals surface area contributed by atoms with Gasteiger partial charge in [0.15, 0.2) is 10.9 Å². The Bertz CT molecular complexity index is 1100. The van der Waals surface area contributed by atoms with E-state index in [-0.39, 0.29) is 45.5 Å². The summed E-state index contributed by atoms with van der Waals surface area (Å²) in [5, 5.41) is 25.9. The van der Waals surface area contributed by atoms with Crippen molar-refractivity contribution in [2.75, 3.05) is 13.1 Å². The number of nitrogens with one attached hydrogen (secondary N) is 2. The number of hydrogen-bond donors (Lipinski definition) is 4. The predicted octanol–water partition coefficient (Wildman–Crippen LogP) is -0.630. The van der Waals surface area contributed by atoms with E-state index in [9.17, 15) is 19.8 Å². The molecule has 8 heteroatoms. The van der Waals surface area contributed by atoms with Gasteiger partial charge in [0.2, 0.25) is 0 Å². The summed E-state index contributed by atoms with van der Waals surface area (Å²) in [4.78, 5) is 34.6. The first-order valence-electron chi connectivity index (χ1n) is 8.29. The Hall–Kier alpha value is -2.84. The third-order valence-corrected chi connectivity index (χ3v) is 3.96. The molecule has 3 aromatic rings. The Morgan fingerprint density at radius 3 is 1.58 bits per heavy atom. The van der Waals surface area contributed by atoms with Gasteiger partial charge in [0, 0.05) is 12.4 Å². The molecule has 0 aliphatic rings. The van der Waals surface area contributed by atoms with Crippen LogP contribution in [0.5, 0.6) is 0 Å². The summed E-state index contributed by atoms with van der Waals surface area (Å²) in [7, 11) is 0. The topological polar surface area (TPSA) is 131 Å². The van der Waals surface area contributed by atoms with Crippen LogP contribution in [-0.4, -0.2) is 45.7 Å². The first-order valence-corrected chi connectivity index (χ1v) is 8.29. The molecule has 0 spiro atoms. The second-order valence-corrected chi connectivity index (χ2v) is 6.30. The molecule has 0 bridgehead atoms. The zero-order chi connectivity index (χ0) is 18.8. The van der Waals surface area contributed by atoms with Crippen LogP contribution in [0, 0.1) is 0 Å². The van der Waals surface area contributed by atoms with Crippen molar-refractivity contribution in [3.8, 4) is 0 Å². The van der Waals surface area contributed by atoms with Crippen LogP contribution >= 0.6 is 0 Å². The fourth-order valence-corrected chi connectivity index (χ4v) is 2.79. The van der Waals surface area contributed by atoms with Crippen LogP contribution in [0.15, 0.2) is 44.1 Å². The molecular weight excluding hydrogens is 336 g/mol. The van der Waals surface area contributed by atoms with E-state index in [0.717, 1.165) is 0 Å². The summed E-state index contributed by atoms with van der Waals surface area (Å²) in [6, 6.07) is 3.22. The molecule has 2 unspecified atom stereocenters. The molecule has 3 rings (SSSR count). The Labute approximate surface area is 147 Å². The quantitative estimate of drug-likeness (QED) is 0.464. The van der Waals surface area contributed by atoms with Gasteiger partial charge in [0.1, 0.15) is 0 Å². The van der Waals surface area contributed by atoms with Gasteiger partial charge in [-0.05, 0) is 26.0 Å². The zero-order valence-electron chi connectivity index (χ0n) is 14.5. The van der Waals surface area contributed by atoms with Gasteiger partial charge in [-0.3, -0.25) is 19.6 Å². The molecule has 136 valence electrons. The second kappa shape index (κ2) is 7.19. The van der Waals surface area contributed by atoms with E-state index in [1.54, 1.807) is 26.0 Å². The lowest BCUT2D eigenvalue weighted by Crippen LogP contribution is -2.28. The molecule has 0 aliphatic carbocycles. The molecule has 8 nitrogen and oxygen atoms in total. The summed E-state index contributed by atoms with van der Waals surface area (Å²) in [5.74, 6) is 0. The number of benzene rings is 2. The molecule has 0 amide bonds. The predicted molar refractivity (Wildman–Crippen MR) is 98.1 cm³/mol. The number of aliphatic hydroxyl groups is 2. The summed E-state index contributed by atoms with van der Waals surface area (Å²) in [6.07, 6.45) is 1.54. The molecule has 2 aromatic carbocycles. The molecule has 26 heavy (non-hydrogen) atoms. The highest BCUT2D eigenvalue weighted by Gasteiger charge is 2.14. The van der Waals surface area contributed by atoms with Crippen molar-refractivity contribution in [3.05, 3.63) is 55.7 Å². The van der Waals surface area contributed by atoms with Crippen LogP contribution in [0.2, 0.25) is 0 Å². The maximum Gasteiger partial charge on any atom is 0.198 e. The first-order chi connectivity index (χ1) is 12.4. The standard InChI is InChI=1S/C18H20N4O4/c1-9(23)5-19-13-3-4-14(20-6-10(2)24)16-15(13)17(25)11-7-21-22-8-12(11)18(16)26/h3-4,7-10,21-24H,5-6H2,1-2H3. The van der Waals surface area contributed by atoms with Crippen LogP contribution in [0.1, 0.15) is 13.8 Å². The Morgan fingerprint density at radius 2 is 1.23 bits per heavy atom. The van der Waals surface area contributed by atoms with Gasteiger partial charge in [-0.1, -0.05) is 0 Å². The van der Waals surface area contributed by atoms with E-state index < -0.39 is 12.2 Å². The third kappa shape index (κ3) is 3.29. The Balaban J connectivity index is 2.54. The molecule has 1 heterocycles. The second-order valence-electron chi connectivity index (χ2n) is 6.30. The lowest BCUT2D eigenvalue weighted by Gasteiger charge is -2.04. The largest absolute Gasteiger partial charge is 0.391 e. The van der Waals surface area contributed by atoms with Crippen molar-refractivity contribution >= 4 is 21.5 Å². The van der Waals surface area contributed by atoms with Crippen LogP contribution in [0.3, 0.4) is 0 Å².